The summed E-state index contributed by atoms with van der Waals surface area (Å²) in [5, 5.41) is 18.4. The van der Waals surface area contributed by atoms with Gasteiger partial charge in [0.25, 0.3) is 5.91 Å². The normalized spacial score (nSPS) is 16.1. The average Bonchev–Trinajstić information content (AvgIpc) is 2.98. The maximum atomic E-state index is 13.5. The molecule has 138 valence electrons. The lowest BCUT2D eigenvalue weighted by Gasteiger charge is -2.07. The van der Waals surface area contributed by atoms with Gasteiger partial charge in [0.1, 0.15) is 17.6 Å². The molecule has 0 saturated heterocycles. The number of phenols is 1. The number of aromatic hydroxyl groups is 1. The second-order valence-electron chi connectivity index (χ2n) is 5.64. The fourth-order valence-corrected chi connectivity index (χ4v) is 2.34. The van der Waals surface area contributed by atoms with Gasteiger partial charge in [-0.2, -0.15) is 5.10 Å². The van der Waals surface area contributed by atoms with E-state index in [-0.39, 0.29) is 23.8 Å². The number of guanidine groups is 1. The number of phenolic OH excluding ortho intramolecular Hbond substituents is 1. The Balaban J connectivity index is 1.57. The third-order valence-corrected chi connectivity index (χ3v) is 3.67. The Hall–Kier alpha value is -3.75. The lowest BCUT2D eigenvalue weighted by atomic mass is 10.2. The molecule has 4 N–H and O–H groups in total. The first-order chi connectivity index (χ1) is 13.0. The number of hydrazone groups is 1. The maximum absolute atomic E-state index is 13.5. The molecule has 9 heteroatoms. The standard InChI is InChI=1S/C18H16FN5O3/c19-12-6-2-3-7-13(12)21-16(26)9-14-17(27)23-18(22-14)24-20-10-11-5-1-4-8-15(11)25/h1-8,10,14,25H,9H2,(H,21,26)(H2,22,23,24,27)/b20-10+. The summed E-state index contributed by atoms with van der Waals surface area (Å²) in [6, 6.07) is 11.4. The molecule has 2 amide bonds. The summed E-state index contributed by atoms with van der Waals surface area (Å²) >= 11 is 0. The molecule has 27 heavy (non-hydrogen) atoms. The van der Waals surface area contributed by atoms with Crippen LogP contribution >= 0.6 is 0 Å². The molecule has 1 aliphatic heterocycles. The highest BCUT2D eigenvalue weighted by atomic mass is 19.1. The van der Waals surface area contributed by atoms with Crippen molar-refractivity contribution in [2.75, 3.05) is 5.32 Å². The minimum atomic E-state index is -0.945. The number of nitrogens with one attached hydrogen (secondary N) is 3. The highest BCUT2D eigenvalue weighted by molar-refractivity contribution is 6.07. The number of rotatable bonds is 5. The first kappa shape index (κ1) is 18.1. The van der Waals surface area contributed by atoms with Gasteiger partial charge in [-0.05, 0) is 24.3 Å². The number of hydrogen-bond acceptors (Lipinski definition) is 6. The van der Waals surface area contributed by atoms with Crippen LogP contribution in [0.5, 0.6) is 5.75 Å². The smallest absolute Gasteiger partial charge is 0.252 e. The van der Waals surface area contributed by atoms with Crippen LogP contribution in [0.25, 0.3) is 0 Å². The van der Waals surface area contributed by atoms with Gasteiger partial charge in [0.05, 0.1) is 18.3 Å². The lowest BCUT2D eigenvalue weighted by Crippen LogP contribution is -2.35. The second-order valence-corrected chi connectivity index (χ2v) is 5.64. The van der Waals surface area contributed by atoms with Crippen LogP contribution in [0, 0.1) is 5.82 Å². The highest BCUT2D eigenvalue weighted by Crippen LogP contribution is 2.14. The SMILES string of the molecule is O=C(CC1N=C(N/N=C/c2ccccc2O)NC1=O)Nc1ccccc1F. The predicted molar refractivity (Wildman–Crippen MR) is 97.8 cm³/mol. The first-order valence-electron chi connectivity index (χ1n) is 8.03. The molecular formula is C18H16FN5O3. The molecule has 0 aromatic heterocycles. The minimum Gasteiger partial charge on any atom is -0.507 e. The van der Waals surface area contributed by atoms with Gasteiger partial charge in [-0.25, -0.2) is 14.8 Å². The minimum absolute atomic E-state index is 0.0375. The van der Waals surface area contributed by atoms with Crippen LogP contribution in [0.15, 0.2) is 58.6 Å². The zero-order chi connectivity index (χ0) is 19.2. The van der Waals surface area contributed by atoms with Crippen molar-refractivity contribution in [1.82, 2.24) is 10.7 Å². The van der Waals surface area contributed by atoms with Crippen LogP contribution in [-0.2, 0) is 9.59 Å². The quantitative estimate of drug-likeness (QED) is 0.470. The number of carbonyl (C=O) groups is 2. The summed E-state index contributed by atoms with van der Waals surface area (Å²) in [7, 11) is 0. The third kappa shape index (κ3) is 4.66. The third-order valence-electron chi connectivity index (χ3n) is 3.67. The fourth-order valence-electron chi connectivity index (χ4n) is 2.34. The molecule has 1 unspecified atom stereocenters. The summed E-state index contributed by atoms with van der Waals surface area (Å²) < 4.78 is 13.5. The molecule has 0 bridgehead atoms. The van der Waals surface area contributed by atoms with Gasteiger partial charge in [0, 0.05) is 5.56 Å². The molecule has 2 aromatic carbocycles. The number of nitrogens with zero attached hydrogens (tertiary/aromatic N) is 2. The van der Waals surface area contributed by atoms with E-state index in [0.717, 1.165) is 0 Å². The van der Waals surface area contributed by atoms with Crippen LogP contribution in [0.3, 0.4) is 0 Å². The van der Waals surface area contributed by atoms with E-state index in [1.165, 1.54) is 30.5 Å². The monoisotopic (exact) mass is 369 g/mol. The summed E-state index contributed by atoms with van der Waals surface area (Å²) in [5.41, 5.74) is 3.05. The Kier molecular flexibility index (Phi) is 5.41. The molecule has 3 rings (SSSR count). The molecule has 0 radical (unpaired) electrons. The van der Waals surface area contributed by atoms with E-state index in [2.05, 4.69) is 26.2 Å². The number of hydrogen-bond donors (Lipinski definition) is 4. The maximum Gasteiger partial charge on any atom is 0.252 e. The summed E-state index contributed by atoms with van der Waals surface area (Å²) in [6.07, 6.45) is 1.12. The number of aliphatic imine (C=N–C) groups is 1. The van der Waals surface area contributed by atoms with Crippen LogP contribution in [0.1, 0.15) is 12.0 Å². The van der Waals surface area contributed by atoms with Crippen molar-refractivity contribution in [2.45, 2.75) is 12.5 Å². The number of amides is 2. The largest absolute Gasteiger partial charge is 0.507 e. The number of para-hydroxylation sites is 2. The first-order valence-corrected chi connectivity index (χ1v) is 8.03. The van der Waals surface area contributed by atoms with E-state index >= 15 is 0 Å². The Morgan fingerprint density at radius 3 is 2.78 bits per heavy atom. The number of halogens is 1. The van der Waals surface area contributed by atoms with E-state index < -0.39 is 23.7 Å². The fraction of sp³-hybridized carbons (Fsp3) is 0.111. The van der Waals surface area contributed by atoms with E-state index in [9.17, 15) is 19.1 Å². The van der Waals surface area contributed by atoms with Gasteiger partial charge in [-0.15, -0.1) is 0 Å². The molecule has 1 atom stereocenters. The zero-order valence-electron chi connectivity index (χ0n) is 14.0. The topological polar surface area (TPSA) is 115 Å². The van der Waals surface area contributed by atoms with Gasteiger partial charge in [-0.1, -0.05) is 24.3 Å². The van der Waals surface area contributed by atoms with Gasteiger partial charge in [-0.3, -0.25) is 14.9 Å². The predicted octanol–water partition coefficient (Wildman–Crippen LogP) is 1.34. The lowest BCUT2D eigenvalue weighted by molar-refractivity contribution is -0.123. The Bertz CT molecular complexity index is 929. The molecule has 0 saturated carbocycles. The Morgan fingerprint density at radius 2 is 2.00 bits per heavy atom. The average molecular weight is 369 g/mol. The van der Waals surface area contributed by atoms with Crippen LogP contribution < -0.4 is 16.1 Å². The number of carbonyl (C=O) groups excluding carboxylic acids is 2. The van der Waals surface area contributed by atoms with Crippen molar-refractivity contribution in [3.8, 4) is 5.75 Å². The molecule has 1 aliphatic rings. The van der Waals surface area contributed by atoms with Gasteiger partial charge in [0.15, 0.2) is 0 Å². The van der Waals surface area contributed by atoms with Gasteiger partial charge < -0.3 is 10.4 Å². The second kappa shape index (κ2) is 8.09. The van der Waals surface area contributed by atoms with Crippen molar-refractivity contribution in [2.24, 2.45) is 10.1 Å². The van der Waals surface area contributed by atoms with E-state index in [1.807, 2.05) is 0 Å². The van der Waals surface area contributed by atoms with Gasteiger partial charge >= 0.3 is 0 Å². The van der Waals surface area contributed by atoms with Crippen molar-refractivity contribution >= 4 is 29.7 Å². The van der Waals surface area contributed by atoms with E-state index in [4.69, 9.17) is 0 Å². The molecular weight excluding hydrogens is 353 g/mol. The summed E-state index contributed by atoms with van der Waals surface area (Å²) in [4.78, 5) is 28.0. The molecule has 2 aromatic rings. The van der Waals surface area contributed by atoms with Crippen molar-refractivity contribution in [3.63, 3.8) is 0 Å². The van der Waals surface area contributed by atoms with Crippen molar-refractivity contribution in [1.29, 1.82) is 0 Å². The van der Waals surface area contributed by atoms with Crippen LogP contribution in [-0.4, -0.2) is 35.1 Å². The molecule has 0 aliphatic carbocycles. The number of benzene rings is 2. The molecule has 8 nitrogen and oxygen atoms in total. The number of anilines is 1. The molecule has 1 heterocycles. The highest BCUT2D eigenvalue weighted by Gasteiger charge is 2.28. The van der Waals surface area contributed by atoms with Crippen LogP contribution in [0.2, 0.25) is 0 Å². The zero-order valence-corrected chi connectivity index (χ0v) is 14.0. The van der Waals surface area contributed by atoms with Crippen molar-refractivity contribution in [3.05, 3.63) is 59.9 Å². The van der Waals surface area contributed by atoms with Crippen LogP contribution in [0.4, 0.5) is 10.1 Å². The Morgan fingerprint density at radius 1 is 1.26 bits per heavy atom. The Labute approximate surface area is 153 Å². The van der Waals surface area contributed by atoms with E-state index in [0.29, 0.717) is 5.56 Å². The summed E-state index contributed by atoms with van der Waals surface area (Å²) in [5.74, 6) is -1.44. The van der Waals surface area contributed by atoms with Crippen molar-refractivity contribution < 1.29 is 19.1 Å². The molecule has 0 spiro atoms. The summed E-state index contributed by atoms with van der Waals surface area (Å²) in [6.45, 7) is 0. The molecule has 0 fully saturated rings. The van der Waals surface area contributed by atoms with Gasteiger partial charge in [0.2, 0.25) is 11.9 Å². The van der Waals surface area contributed by atoms with E-state index in [1.54, 1.807) is 24.3 Å².